The number of ether oxygens (including phenoxy) is 1. The van der Waals surface area contributed by atoms with Gasteiger partial charge in [0.05, 0.1) is 28.9 Å². The van der Waals surface area contributed by atoms with Crippen LogP contribution in [0.1, 0.15) is 11.1 Å². The van der Waals surface area contributed by atoms with Crippen molar-refractivity contribution in [3.8, 4) is 5.75 Å². The Labute approximate surface area is 204 Å². The molecule has 3 rings (SSSR count). The Balaban J connectivity index is 1.65. The second-order valence-corrected chi connectivity index (χ2v) is 8.53. The van der Waals surface area contributed by atoms with Gasteiger partial charge in [0.2, 0.25) is 0 Å². The third-order valence-electron chi connectivity index (χ3n) is 4.01. The van der Waals surface area contributed by atoms with Gasteiger partial charge in [-0.25, -0.2) is 0 Å². The van der Waals surface area contributed by atoms with Gasteiger partial charge in [0, 0.05) is 24.3 Å². The number of hydrogen-bond donors (Lipinski definition) is 1. The normalized spacial score (nSPS) is 10.8. The molecule has 0 bridgehead atoms. The van der Waals surface area contributed by atoms with Gasteiger partial charge in [0.15, 0.2) is 0 Å². The van der Waals surface area contributed by atoms with Gasteiger partial charge in [-0.05, 0) is 80.6 Å². The minimum absolute atomic E-state index is 0.0133. The number of nitro groups is 2. The summed E-state index contributed by atoms with van der Waals surface area (Å²) in [6.07, 6.45) is 1.63. The number of hydrazone groups is 1. The molecular weight excluding hydrogens is 630 g/mol. The topological polar surface area (TPSA) is 120 Å². The van der Waals surface area contributed by atoms with E-state index in [0.717, 1.165) is 12.7 Å². The van der Waals surface area contributed by atoms with E-state index in [4.69, 9.17) is 4.74 Å². The van der Waals surface area contributed by atoms with Crippen LogP contribution in [0.3, 0.4) is 0 Å². The van der Waals surface area contributed by atoms with Crippen LogP contribution in [0.5, 0.6) is 5.75 Å². The Morgan fingerprint density at radius 1 is 0.935 bits per heavy atom. The number of rotatable bonds is 8. The summed E-state index contributed by atoms with van der Waals surface area (Å²) in [7, 11) is 0. The monoisotopic (exact) mass is 644 g/mol. The lowest BCUT2D eigenvalue weighted by molar-refractivity contribution is -0.385. The zero-order chi connectivity index (χ0) is 22.4. The number of hydrogen-bond acceptors (Lipinski definition) is 7. The van der Waals surface area contributed by atoms with E-state index in [1.807, 2.05) is 12.1 Å². The summed E-state index contributed by atoms with van der Waals surface area (Å²) in [5.41, 5.74) is 5.04. The minimum Gasteiger partial charge on any atom is -0.487 e. The summed E-state index contributed by atoms with van der Waals surface area (Å²) in [4.78, 5) is 20.7. The van der Waals surface area contributed by atoms with E-state index in [-0.39, 0.29) is 18.0 Å². The molecule has 1 N–H and O–H groups in total. The molecule has 0 spiro atoms. The van der Waals surface area contributed by atoms with Gasteiger partial charge in [0.25, 0.3) is 11.4 Å². The standard InChI is InChI=1S/C20H14I2N4O5/c21-18-9-14(11-23-24-15-4-6-16(7-5-15)25(27)28)10-19(22)20(18)31-12-13-2-1-3-17(8-13)26(29)30/h1-11,24H,12H2/b23-11+. The minimum atomic E-state index is -0.459. The SMILES string of the molecule is O=[N+]([O-])c1ccc(N/N=C/c2cc(I)c(OCc3cccc([N+](=O)[O-])c3)c(I)c2)cc1. The van der Waals surface area contributed by atoms with Crippen molar-refractivity contribution < 1.29 is 14.6 Å². The molecule has 0 aliphatic rings. The Morgan fingerprint density at radius 3 is 2.19 bits per heavy atom. The van der Waals surface area contributed by atoms with Gasteiger partial charge < -0.3 is 4.74 Å². The molecule has 0 saturated carbocycles. The summed E-state index contributed by atoms with van der Waals surface area (Å²) in [6.45, 7) is 0.211. The largest absolute Gasteiger partial charge is 0.487 e. The lowest BCUT2D eigenvalue weighted by Crippen LogP contribution is -2.01. The molecular formula is C20H14I2N4O5. The van der Waals surface area contributed by atoms with E-state index in [9.17, 15) is 20.2 Å². The molecule has 0 unspecified atom stereocenters. The zero-order valence-corrected chi connectivity index (χ0v) is 20.0. The number of benzene rings is 3. The maximum absolute atomic E-state index is 10.9. The van der Waals surface area contributed by atoms with Crippen LogP contribution in [0.15, 0.2) is 65.8 Å². The third-order valence-corrected chi connectivity index (χ3v) is 5.61. The lowest BCUT2D eigenvalue weighted by atomic mass is 10.2. The van der Waals surface area contributed by atoms with Crippen molar-refractivity contribution in [3.63, 3.8) is 0 Å². The third kappa shape index (κ3) is 6.33. The molecule has 0 atom stereocenters. The van der Waals surface area contributed by atoms with E-state index in [1.165, 1.54) is 24.3 Å². The highest BCUT2D eigenvalue weighted by molar-refractivity contribution is 14.1. The molecule has 0 heterocycles. The molecule has 0 aliphatic heterocycles. The van der Waals surface area contributed by atoms with Crippen LogP contribution in [0.2, 0.25) is 0 Å². The maximum atomic E-state index is 10.9. The maximum Gasteiger partial charge on any atom is 0.269 e. The summed E-state index contributed by atoms with van der Waals surface area (Å²) < 4.78 is 7.63. The predicted molar refractivity (Wildman–Crippen MR) is 134 cm³/mol. The Morgan fingerprint density at radius 2 is 1.58 bits per heavy atom. The van der Waals surface area contributed by atoms with Crippen LogP contribution < -0.4 is 10.2 Å². The molecule has 0 amide bonds. The van der Waals surface area contributed by atoms with E-state index in [0.29, 0.717) is 17.0 Å². The molecule has 11 heteroatoms. The van der Waals surface area contributed by atoms with Crippen molar-refractivity contribution in [3.05, 3.63) is 99.2 Å². The molecule has 0 radical (unpaired) electrons. The molecule has 9 nitrogen and oxygen atoms in total. The predicted octanol–water partition coefficient (Wildman–Crippen LogP) is 5.74. The molecule has 0 aromatic heterocycles. The molecule has 0 fully saturated rings. The van der Waals surface area contributed by atoms with Gasteiger partial charge >= 0.3 is 0 Å². The van der Waals surface area contributed by atoms with Crippen LogP contribution in [-0.4, -0.2) is 16.1 Å². The molecule has 0 aliphatic carbocycles. The highest BCUT2D eigenvalue weighted by Gasteiger charge is 2.11. The van der Waals surface area contributed by atoms with E-state index in [1.54, 1.807) is 30.5 Å². The fourth-order valence-electron chi connectivity index (χ4n) is 2.55. The van der Waals surface area contributed by atoms with Crippen molar-refractivity contribution in [1.29, 1.82) is 0 Å². The highest BCUT2D eigenvalue weighted by Crippen LogP contribution is 2.29. The smallest absolute Gasteiger partial charge is 0.269 e. The average molecular weight is 644 g/mol. The van der Waals surface area contributed by atoms with Crippen LogP contribution >= 0.6 is 45.2 Å². The first-order valence-electron chi connectivity index (χ1n) is 8.72. The number of halogens is 2. The Kier molecular flexibility index (Phi) is 7.73. The lowest BCUT2D eigenvalue weighted by Gasteiger charge is -2.11. The zero-order valence-electron chi connectivity index (χ0n) is 15.7. The number of non-ortho nitro benzene ring substituents is 2. The molecule has 31 heavy (non-hydrogen) atoms. The number of nitrogens with zero attached hydrogens (tertiary/aromatic N) is 3. The highest BCUT2D eigenvalue weighted by atomic mass is 127. The van der Waals surface area contributed by atoms with Crippen LogP contribution in [0, 0.1) is 27.4 Å². The summed E-state index contributed by atoms with van der Waals surface area (Å²) in [6, 6.07) is 16.1. The van der Waals surface area contributed by atoms with Crippen LogP contribution in [-0.2, 0) is 6.61 Å². The molecule has 158 valence electrons. The first-order chi connectivity index (χ1) is 14.8. The first kappa shape index (κ1) is 22.9. The number of nitrogens with one attached hydrogen (secondary N) is 1. The van der Waals surface area contributed by atoms with Crippen molar-refractivity contribution in [2.24, 2.45) is 5.10 Å². The number of anilines is 1. The summed E-state index contributed by atoms with van der Waals surface area (Å²) in [5, 5.41) is 25.8. The fourth-order valence-corrected chi connectivity index (χ4v) is 4.67. The van der Waals surface area contributed by atoms with Crippen molar-refractivity contribution >= 4 is 68.5 Å². The van der Waals surface area contributed by atoms with E-state index in [2.05, 4.69) is 55.7 Å². The van der Waals surface area contributed by atoms with Crippen molar-refractivity contribution in [2.75, 3.05) is 5.43 Å². The summed E-state index contributed by atoms with van der Waals surface area (Å²) in [5.74, 6) is 0.688. The van der Waals surface area contributed by atoms with E-state index < -0.39 is 9.85 Å². The van der Waals surface area contributed by atoms with Crippen LogP contribution in [0.4, 0.5) is 17.1 Å². The molecule has 3 aromatic carbocycles. The second kappa shape index (κ2) is 10.5. The van der Waals surface area contributed by atoms with Crippen molar-refractivity contribution in [1.82, 2.24) is 0 Å². The summed E-state index contributed by atoms with van der Waals surface area (Å²) >= 11 is 4.32. The fraction of sp³-hybridized carbons (Fsp3) is 0.0500. The Bertz CT molecular complexity index is 1130. The van der Waals surface area contributed by atoms with Gasteiger partial charge in [-0.15, -0.1) is 0 Å². The molecule has 0 saturated heterocycles. The number of nitro benzene ring substituents is 2. The molecule has 3 aromatic rings. The first-order valence-corrected chi connectivity index (χ1v) is 10.9. The second-order valence-electron chi connectivity index (χ2n) is 6.20. The average Bonchev–Trinajstić information content (AvgIpc) is 2.73. The van der Waals surface area contributed by atoms with E-state index >= 15 is 0 Å². The van der Waals surface area contributed by atoms with Crippen molar-refractivity contribution in [2.45, 2.75) is 6.61 Å². The van der Waals surface area contributed by atoms with Gasteiger partial charge in [-0.2, -0.15) is 5.10 Å². The van der Waals surface area contributed by atoms with Gasteiger partial charge in [-0.3, -0.25) is 25.7 Å². The van der Waals surface area contributed by atoms with Gasteiger partial charge in [-0.1, -0.05) is 12.1 Å². The quantitative estimate of drug-likeness (QED) is 0.145. The Hall–Kier alpha value is -2.81. The van der Waals surface area contributed by atoms with Gasteiger partial charge in [0.1, 0.15) is 12.4 Å². The van der Waals surface area contributed by atoms with Crippen LogP contribution in [0.25, 0.3) is 0 Å².